The van der Waals surface area contributed by atoms with Crippen molar-refractivity contribution in [2.75, 3.05) is 0 Å². The Hall–Kier alpha value is -2.86. The zero-order chi connectivity index (χ0) is 19.3. The van der Waals surface area contributed by atoms with Gasteiger partial charge in [0.25, 0.3) is 0 Å². The van der Waals surface area contributed by atoms with E-state index in [2.05, 4.69) is 0 Å². The second-order valence-electron chi connectivity index (χ2n) is 6.29. The molecule has 1 atom stereocenters. The van der Waals surface area contributed by atoms with Crippen LogP contribution in [0, 0.1) is 5.92 Å². The molecule has 0 bridgehead atoms. The van der Waals surface area contributed by atoms with E-state index >= 15 is 0 Å². The highest BCUT2D eigenvalue weighted by molar-refractivity contribution is 6.07. The number of esters is 1. The summed E-state index contributed by atoms with van der Waals surface area (Å²) in [6, 6.07) is 4.43. The predicted octanol–water partition coefficient (Wildman–Crippen LogP) is 3.50. The van der Waals surface area contributed by atoms with Gasteiger partial charge in [-0.25, -0.2) is 0 Å². The maximum atomic E-state index is 11.9. The van der Waals surface area contributed by atoms with Crippen molar-refractivity contribution in [1.29, 1.82) is 0 Å². The van der Waals surface area contributed by atoms with E-state index in [1.165, 1.54) is 18.3 Å². The normalized spacial score (nSPS) is 16.4. The quantitative estimate of drug-likeness (QED) is 0.351. The van der Waals surface area contributed by atoms with Crippen molar-refractivity contribution in [1.82, 2.24) is 5.06 Å². The number of hydroxylamine groups is 2. The summed E-state index contributed by atoms with van der Waals surface area (Å²) in [5.41, 5.74) is 1.61. The third kappa shape index (κ3) is 5.07. The van der Waals surface area contributed by atoms with Gasteiger partial charge in [0.2, 0.25) is 0 Å². The third-order valence-electron chi connectivity index (χ3n) is 4.08. The summed E-state index contributed by atoms with van der Waals surface area (Å²) < 4.78 is 5.21. The fourth-order valence-electron chi connectivity index (χ4n) is 2.25. The van der Waals surface area contributed by atoms with Crippen LogP contribution in [0.2, 0.25) is 0 Å². The predicted molar refractivity (Wildman–Crippen MR) is 96.5 cm³/mol. The third-order valence-corrected chi connectivity index (χ3v) is 4.08. The first kappa shape index (κ1) is 19.5. The minimum absolute atomic E-state index is 0.0290. The van der Waals surface area contributed by atoms with Gasteiger partial charge < -0.3 is 9.84 Å². The van der Waals surface area contributed by atoms with Crippen molar-refractivity contribution in [2.45, 2.75) is 33.7 Å². The maximum absolute atomic E-state index is 11.9. The molecular weight excluding hydrogens is 334 g/mol. The molecule has 1 unspecified atom stereocenters. The Morgan fingerprint density at radius 2 is 2.08 bits per heavy atom. The number of hydrogen-bond donors (Lipinski definition) is 2. The lowest BCUT2D eigenvalue weighted by atomic mass is 10.0. The van der Waals surface area contributed by atoms with Gasteiger partial charge in [-0.3, -0.25) is 19.9 Å². The first-order chi connectivity index (χ1) is 12.3. The highest BCUT2D eigenvalue weighted by Crippen LogP contribution is 2.26. The fraction of sp³-hybridized carbons (Fsp3) is 0.300. The number of ketones is 1. The van der Waals surface area contributed by atoms with Crippen LogP contribution in [0.1, 0.15) is 32.8 Å². The van der Waals surface area contributed by atoms with Crippen LogP contribution in [-0.4, -0.2) is 27.1 Å². The molecule has 2 N–H and O–H groups in total. The number of rotatable bonds is 6. The molecule has 0 aromatic heterocycles. The number of benzene rings is 1. The van der Waals surface area contributed by atoms with Crippen molar-refractivity contribution in [3.63, 3.8) is 0 Å². The number of phenolic OH excluding ortho intramolecular Hbond substituents is 1. The lowest BCUT2D eigenvalue weighted by Gasteiger charge is -2.16. The molecule has 0 saturated carbocycles. The summed E-state index contributed by atoms with van der Waals surface area (Å²) in [5.74, 6) is -0.654. The van der Waals surface area contributed by atoms with E-state index in [1.54, 1.807) is 31.2 Å². The molecule has 138 valence electrons. The molecule has 0 heterocycles. The van der Waals surface area contributed by atoms with Crippen molar-refractivity contribution in [3.05, 3.63) is 59.3 Å². The summed E-state index contributed by atoms with van der Waals surface area (Å²) in [6.07, 6.45) is 6.85. The Balaban J connectivity index is 2.05. The average Bonchev–Trinajstić information content (AvgIpc) is 2.59. The Kier molecular flexibility index (Phi) is 6.36. The fourth-order valence-corrected chi connectivity index (χ4v) is 2.25. The lowest BCUT2D eigenvalue weighted by Crippen LogP contribution is -2.17. The first-order valence-electron chi connectivity index (χ1n) is 8.41. The topological polar surface area (TPSA) is 87.1 Å². The number of phenols is 1. The Morgan fingerprint density at radius 3 is 2.69 bits per heavy atom. The highest BCUT2D eigenvalue weighted by Gasteiger charge is 2.15. The summed E-state index contributed by atoms with van der Waals surface area (Å²) in [5, 5.41) is 21.0. The van der Waals surface area contributed by atoms with E-state index in [0.29, 0.717) is 17.6 Å². The Labute approximate surface area is 152 Å². The van der Waals surface area contributed by atoms with Crippen LogP contribution in [-0.2, 0) is 16.1 Å². The number of allylic oxidation sites excluding steroid dienone is 5. The molecule has 1 aliphatic rings. The number of hydrogen-bond acceptors (Lipinski definition) is 6. The van der Waals surface area contributed by atoms with E-state index in [0.717, 1.165) is 10.6 Å². The molecule has 0 aliphatic heterocycles. The van der Waals surface area contributed by atoms with Crippen molar-refractivity contribution in [3.8, 4) is 11.5 Å². The van der Waals surface area contributed by atoms with Gasteiger partial charge in [-0.15, -0.1) is 0 Å². The zero-order valence-corrected chi connectivity index (χ0v) is 15.1. The van der Waals surface area contributed by atoms with Crippen LogP contribution in [0.3, 0.4) is 0 Å². The minimum atomic E-state index is -0.362. The number of carbonyl (C=O) groups is 2. The van der Waals surface area contributed by atoms with Crippen LogP contribution < -0.4 is 4.74 Å². The van der Waals surface area contributed by atoms with Gasteiger partial charge in [0.05, 0.1) is 12.5 Å². The molecule has 26 heavy (non-hydrogen) atoms. The molecular formula is C20H23NO5. The van der Waals surface area contributed by atoms with E-state index in [1.807, 2.05) is 13.8 Å². The number of carbonyl (C=O) groups excluding carboxylic acids is 2. The monoisotopic (exact) mass is 357 g/mol. The molecule has 1 aromatic carbocycles. The number of ether oxygens (including phenoxy) is 1. The smallest absolute Gasteiger partial charge is 0.314 e. The second kappa shape index (κ2) is 8.49. The molecule has 0 amide bonds. The molecule has 6 heteroatoms. The zero-order valence-electron chi connectivity index (χ0n) is 15.1. The summed E-state index contributed by atoms with van der Waals surface area (Å²) in [6.45, 7) is 5.44. The molecule has 2 rings (SSSR count). The Morgan fingerprint density at radius 1 is 1.35 bits per heavy atom. The van der Waals surface area contributed by atoms with Crippen LogP contribution in [0.15, 0.2) is 53.8 Å². The van der Waals surface area contributed by atoms with Crippen molar-refractivity contribution >= 4 is 11.8 Å². The van der Waals surface area contributed by atoms with Gasteiger partial charge in [0.15, 0.2) is 5.78 Å². The average molecular weight is 357 g/mol. The van der Waals surface area contributed by atoms with Crippen molar-refractivity contribution in [2.24, 2.45) is 5.92 Å². The van der Waals surface area contributed by atoms with E-state index in [-0.39, 0.29) is 35.7 Å². The molecule has 6 nitrogen and oxygen atoms in total. The van der Waals surface area contributed by atoms with Gasteiger partial charge >= 0.3 is 5.97 Å². The van der Waals surface area contributed by atoms with Gasteiger partial charge in [-0.1, -0.05) is 19.9 Å². The van der Waals surface area contributed by atoms with E-state index in [9.17, 15) is 19.9 Å². The first-order valence-corrected chi connectivity index (χ1v) is 8.41. The largest absolute Gasteiger partial charge is 0.507 e. The van der Waals surface area contributed by atoms with Crippen LogP contribution >= 0.6 is 0 Å². The Bertz CT molecular complexity index is 791. The number of aromatic hydroxyl groups is 1. The van der Waals surface area contributed by atoms with Gasteiger partial charge in [0, 0.05) is 23.4 Å². The molecule has 0 fully saturated rings. The molecule has 1 aromatic rings. The van der Waals surface area contributed by atoms with Crippen molar-refractivity contribution < 1.29 is 24.6 Å². The summed E-state index contributed by atoms with van der Waals surface area (Å²) >= 11 is 0. The maximum Gasteiger partial charge on any atom is 0.314 e. The molecule has 0 saturated heterocycles. The standard InChI is InChI=1S/C20H23NO5/c1-4-14(3)20(24)26-17-8-7-16(19(23)10-17)12-21(25)11-15-6-5-13(2)9-18(15)22/h5-11,14,23,25H,4,12H2,1-3H3. The van der Waals surface area contributed by atoms with Crippen LogP contribution in [0.25, 0.3) is 0 Å². The van der Waals surface area contributed by atoms with Gasteiger partial charge in [0.1, 0.15) is 11.5 Å². The van der Waals surface area contributed by atoms with E-state index < -0.39 is 0 Å². The summed E-state index contributed by atoms with van der Waals surface area (Å²) in [7, 11) is 0. The number of nitrogens with zero attached hydrogens (tertiary/aromatic N) is 1. The second-order valence-corrected chi connectivity index (χ2v) is 6.29. The van der Waals surface area contributed by atoms with Gasteiger partial charge in [-0.2, -0.15) is 0 Å². The molecule has 0 spiro atoms. The van der Waals surface area contributed by atoms with Gasteiger partial charge in [-0.05, 0) is 43.2 Å². The minimum Gasteiger partial charge on any atom is -0.507 e. The lowest BCUT2D eigenvalue weighted by molar-refractivity contribution is -0.138. The highest BCUT2D eigenvalue weighted by atomic mass is 16.5. The van der Waals surface area contributed by atoms with Crippen LogP contribution in [0.5, 0.6) is 11.5 Å². The molecule has 1 aliphatic carbocycles. The summed E-state index contributed by atoms with van der Waals surface area (Å²) in [4.78, 5) is 23.6. The van der Waals surface area contributed by atoms with Crippen LogP contribution in [0.4, 0.5) is 0 Å². The van der Waals surface area contributed by atoms with E-state index in [4.69, 9.17) is 4.74 Å². The SMILES string of the molecule is CCC(C)C(=O)Oc1ccc(CN(O)C=C2C=CC(C)=CC2=O)c(O)c1. The molecule has 0 radical (unpaired) electrons.